The molecule has 0 saturated carbocycles. The second-order valence-electron chi connectivity index (χ2n) is 8.04. The number of hydrogen-bond acceptors (Lipinski definition) is 4. The fraction of sp³-hybridized carbons (Fsp3) is 0.348. The van der Waals surface area contributed by atoms with E-state index in [1.165, 1.54) is 21.9 Å². The summed E-state index contributed by atoms with van der Waals surface area (Å²) in [6.45, 7) is 3.19. The number of fused-ring (bicyclic) bond motifs is 1. The lowest BCUT2D eigenvalue weighted by Gasteiger charge is -2.31. The lowest BCUT2D eigenvalue weighted by molar-refractivity contribution is -0.137. The maximum Gasteiger partial charge on any atom is 0.416 e. The van der Waals surface area contributed by atoms with Gasteiger partial charge in [-0.1, -0.05) is 18.2 Å². The van der Waals surface area contributed by atoms with E-state index in [4.69, 9.17) is 0 Å². The van der Waals surface area contributed by atoms with Crippen molar-refractivity contribution in [2.75, 3.05) is 29.1 Å². The SMILES string of the molecule is C[C@@H]1CC(=O)Nc2ccccc2N1C(=O)CN(C)[C@@H](C)C(=O)Nc1cccc(C(F)(F)F)c1. The number of nitrogens with one attached hydrogen (secondary N) is 2. The van der Waals surface area contributed by atoms with Crippen molar-refractivity contribution >= 4 is 34.8 Å². The van der Waals surface area contributed by atoms with E-state index in [-0.39, 0.29) is 30.5 Å². The molecular formula is C23H25F3N4O3. The Morgan fingerprint density at radius 2 is 1.91 bits per heavy atom. The number of amides is 3. The summed E-state index contributed by atoms with van der Waals surface area (Å²) in [6.07, 6.45) is -4.40. The molecule has 0 unspecified atom stereocenters. The predicted octanol–water partition coefficient (Wildman–Crippen LogP) is 3.73. The molecule has 3 rings (SSSR count). The molecule has 0 aromatic heterocycles. The van der Waals surface area contributed by atoms with Gasteiger partial charge in [-0.05, 0) is 51.2 Å². The Morgan fingerprint density at radius 3 is 2.61 bits per heavy atom. The monoisotopic (exact) mass is 462 g/mol. The van der Waals surface area contributed by atoms with Crippen LogP contribution in [-0.2, 0) is 20.6 Å². The van der Waals surface area contributed by atoms with Gasteiger partial charge in [0.05, 0.1) is 29.5 Å². The van der Waals surface area contributed by atoms with Crippen molar-refractivity contribution in [2.45, 2.75) is 38.5 Å². The zero-order chi connectivity index (χ0) is 24.3. The van der Waals surface area contributed by atoms with Crippen LogP contribution in [0.25, 0.3) is 0 Å². The van der Waals surface area contributed by atoms with Crippen molar-refractivity contribution in [1.29, 1.82) is 0 Å². The average Bonchev–Trinajstić information content (AvgIpc) is 2.86. The van der Waals surface area contributed by atoms with Gasteiger partial charge in [-0.2, -0.15) is 13.2 Å². The predicted molar refractivity (Wildman–Crippen MR) is 119 cm³/mol. The molecule has 7 nitrogen and oxygen atoms in total. The third-order valence-electron chi connectivity index (χ3n) is 5.51. The Labute approximate surface area is 189 Å². The molecule has 0 fully saturated rings. The topological polar surface area (TPSA) is 81.8 Å². The largest absolute Gasteiger partial charge is 0.416 e. The standard InChI is InChI=1S/C23H25F3N4O3/c1-14-11-20(31)28-18-9-4-5-10-19(18)30(14)21(32)13-29(3)15(2)22(33)27-17-8-6-7-16(12-17)23(24,25)26/h4-10,12,14-15H,11,13H2,1-3H3,(H,27,33)(H,28,31)/t14-,15+/m1/s1. The van der Waals surface area contributed by atoms with Gasteiger partial charge in [-0.3, -0.25) is 19.3 Å². The second kappa shape index (κ2) is 9.62. The van der Waals surface area contributed by atoms with E-state index in [0.717, 1.165) is 12.1 Å². The third kappa shape index (κ3) is 5.70. The smallest absolute Gasteiger partial charge is 0.325 e. The van der Waals surface area contributed by atoms with Crippen LogP contribution in [0.1, 0.15) is 25.8 Å². The third-order valence-corrected chi connectivity index (χ3v) is 5.51. The molecule has 3 amide bonds. The minimum atomic E-state index is -4.52. The maximum absolute atomic E-state index is 13.2. The van der Waals surface area contributed by atoms with E-state index in [1.54, 1.807) is 45.2 Å². The summed E-state index contributed by atoms with van der Waals surface area (Å²) >= 11 is 0. The lowest BCUT2D eigenvalue weighted by atomic mass is 10.1. The van der Waals surface area contributed by atoms with E-state index < -0.39 is 29.7 Å². The molecule has 2 aromatic carbocycles. The van der Waals surface area contributed by atoms with Gasteiger partial charge in [-0.15, -0.1) is 0 Å². The number of nitrogens with zero attached hydrogens (tertiary/aromatic N) is 2. The minimum Gasteiger partial charge on any atom is -0.325 e. The van der Waals surface area contributed by atoms with Crippen LogP contribution in [0.5, 0.6) is 0 Å². The van der Waals surface area contributed by atoms with Crippen molar-refractivity contribution in [2.24, 2.45) is 0 Å². The van der Waals surface area contributed by atoms with Crippen LogP contribution in [0, 0.1) is 0 Å². The maximum atomic E-state index is 13.2. The lowest BCUT2D eigenvalue weighted by Crippen LogP contribution is -2.48. The van der Waals surface area contributed by atoms with Gasteiger partial charge in [0.1, 0.15) is 0 Å². The van der Waals surface area contributed by atoms with Crippen molar-refractivity contribution in [3.8, 4) is 0 Å². The number of hydrogen-bond donors (Lipinski definition) is 2. The number of anilines is 3. The molecule has 0 aliphatic carbocycles. The van der Waals surface area contributed by atoms with Gasteiger partial charge in [0.15, 0.2) is 0 Å². The highest BCUT2D eigenvalue weighted by Gasteiger charge is 2.32. The van der Waals surface area contributed by atoms with Gasteiger partial charge in [-0.25, -0.2) is 0 Å². The van der Waals surface area contributed by atoms with Crippen molar-refractivity contribution in [3.05, 3.63) is 54.1 Å². The van der Waals surface area contributed by atoms with Gasteiger partial charge >= 0.3 is 6.18 Å². The Bertz CT molecular complexity index is 1060. The summed E-state index contributed by atoms with van der Waals surface area (Å²) in [6, 6.07) is 10.1. The van der Waals surface area contributed by atoms with Gasteiger partial charge in [0.25, 0.3) is 0 Å². The van der Waals surface area contributed by atoms with Crippen molar-refractivity contribution < 1.29 is 27.6 Å². The number of benzene rings is 2. The van der Waals surface area contributed by atoms with Crippen molar-refractivity contribution in [1.82, 2.24) is 4.90 Å². The number of rotatable bonds is 5. The summed E-state index contributed by atoms with van der Waals surface area (Å²) in [5, 5.41) is 5.25. The normalized spacial score (nSPS) is 17.1. The molecule has 0 spiro atoms. The molecule has 2 aromatic rings. The van der Waals surface area contributed by atoms with E-state index >= 15 is 0 Å². The molecule has 176 valence electrons. The van der Waals surface area contributed by atoms with E-state index in [2.05, 4.69) is 10.6 Å². The van der Waals surface area contributed by atoms with Crippen LogP contribution in [0.15, 0.2) is 48.5 Å². The van der Waals surface area contributed by atoms with Crippen LogP contribution in [0.4, 0.5) is 30.2 Å². The molecular weight excluding hydrogens is 437 g/mol. The first-order valence-electron chi connectivity index (χ1n) is 10.4. The zero-order valence-electron chi connectivity index (χ0n) is 18.4. The highest BCUT2D eigenvalue weighted by atomic mass is 19.4. The van der Waals surface area contributed by atoms with Crippen LogP contribution in [0.2, 0.25) is 0 Å². The van der Waals surface area contributed by atoms with Crippen LogP contribution in [0.3, 0.4) is 0 Å². The summed E-state index contributed by atoms with van der Waals surface area (Å²) in [7, 11) is 1.58. The van der Waals surface area contributed by atoms with Crippen LogP contribution < -0.4 is 15.5 Å². The fourth-order valence-electron chi connectivity index (χ4n) is 3.61. The average molecular weight is 462 g/mol. The van der Waals surface area contributed by atoms with E-state index in [9.17, 15) is 27.6 Å². The summed E-state index contributed by atoms with van der Waals surface area (Å²) in [5.41, 5.74) is 0.239. The molecule has 1 heterocycles. The second-order valence-corrected chi connectivity index (χ2v) is 8.04. The number of alkyl halides is 3. The molecule has 2 atom stereocenters. The Hall–Kier alpha value is -3.40. The number of para-hydroxylation sites is 2. The van der Waals surface area contributed by atoms with Gasteiger partial charge in [0.2, 0.25) is 17.7 Å². The zero-order valence-corrected chi connectivity index (χ0v) is 18.4. The van der Waals surface area contributed by atoms with Crippen LogP contribution in [-0.4, -0.2) is 48.3 Å². The summed E-state index contributed by atoms with van der Waals surface area (Å²) in [4.78, 5) is 40.9. The Morgan fingerprint density at radius 1 is 1.21 bits per heavy atom. The highest BCUT2D eigenvalue weighted by molar-refractivity contribution is 6.05. The number of likely N-dealkylation sites (N-methyl/N-ethyl adjacent to an activating group) is 1. The minimum absolute atomic E-state index is 0.0149. The molecule has 10 heteroatoms. The molecule has 0 radical (unpaired) electrons. The molecule has 1 aliphatic heterocycles. The number of carbonyl (C=O) groups is 3. The van der Waals surface area contributed by atoms with Crippen LogP contribution >= 0.6 is 0 Å². The number of carbonyl (C=O) groups excluding carboxylic acids is 3. The highest BCUT2D eigenvalue weighted by Crippen LogP contribution is 2.32. The fourth-order valence-corrected chi connectivity index (χ4v) is 3.61. The number of halogens is 3. The quantitative estimate of drug-likeness (QED) is 0.710. The summed E-state index contributed by atoms with van der Waals surface area (Å²) < 4.78 is 38.7. The Balaban J connectivity index is 1.70. The molecule has 2 N–H and O–H groups in total. The first-order valence-corrected chi connectivity index (χ1v) is 10.4. The molecule has 0 bridgehead atoms. The first kappa shape index (κ1) is 24.2. The van der Waals surface area contributed by atoms with Crippen molar-refractivity contribution in [3.63, 3.8) is 0 Å². The van der Waals surface area contributed by atoms with E-state index in [1.807, 2.05) is 0 Å². The van der Waals surface area contributed by atoms with E-state index in [0.29, 0.717) is 11.4 Å². The Kier molecular flexibility index (Phi) is 7.06. The first-order chi connectivity index (χ1) is 15.5. The molecule has 33 heavy (non-hydrogen) atoms. The summed E-state index contributed by atoms with van der Waals surface area (Å²) in [5.74, 6) is -1.06. The van der Waals surface area contributed by atoms with Gasteiger partial charge < -0.3 is 15.5 Å². The molecule has 0 saturated heterocycles. The molecule has 1 aliphatic rings. The van der Waals surface area contributed by atoms with Gasteiger partial charge in [0, 0.05) is 18.2 Å².